The maximum absolute atomic E-state index is 12.2. The summed E-state index contributed by atoms with van der Waals surface area (Å²) < 4.78 is 5.04. The highest BCUT2D eigenvalue weighted by atomic mass is 16.5. The van der Waals surface area contributed by atoms with Crippen molar-refractivity contribution in [1.29, 1.82) is 0 Å². The number of likely N-dealkylation sites (tertiary alicyclic amines) is 1. The lowest BCUT2D eigenvalue weighted by molar-refractivity contribution is -0.133. The molecule has 1 aromatic rings. The van der Waals surface area contributed by atoms with Crippen molar-refractivity contribution >= 4 is 5.91 Å². The van der Waals surface area contributed by atoms with Gasteiger partial charge in [0.15, 0.2) is 0 Å². The molecule has 6 heteroatoms. The fraction of sp³-hybridized carbons (Fsp3) is 0.667. The van der Waals surface area contributed by atoms with Crippen LogP contribution in [0.2, 0.25) is 0 Å². The van der Waals surface area contributed by atoms with Crippen LogP contribution in [0.25, 0.3) is 0 Å². The largest absolute Gasteiger partial charge is 0.378 e. The molecule has 1 aliphatic carbocycles. The van der Waals surface area contributed by atoms with Gasteiger partial charge in [0.25, 0.3) is 5.56 Å². The van der Waals surface area contributed by atoms with E-state index in [1.54, 1.807) is 7.11 Å². The number of aromatic nitrogens is 2. The van der Waals surface area contributed by atoms with Gasteiger partial charge in [0, 0.05) is 38.1 Å². The Bertz CT molecular complexity index is 580. The van der Waals surface area contributed by atoms with Gasteiger partial charge in [-0.05, 0) is 25.7 Å². The summed E-state index contributed by atoms with van der Waals surface area (Å²) in [6.07, 6.45) is 3.96. The topological polar surface area (TPSA) is 75.3 Å². The summed E-state index contributed by atoms with van der Waals surface area (Å²) >= 11 is 0. The highest BCUT2D eigenvalue weighted by molar-refractivity contribution is 5.81. The SMILES string of the molecule is COCc1cc(=O)[nH]c(C2CCCN(C(=O)C3CC3)C2)n1. The second kappa shape index (κ2) is 5.97. The van der Waals surface area contributed by atoms with Crippen LogP contribution in [0.5, 0.6) is 0 Å². The molecule has 1 aromatic heterocycles. The second-order valence-electron chi connectivity index (χ2n) is 5.95. The van der Waals surface area contributed by atoms with Gasteiger partial charge in [0.05, 0.1) is 12.3 Å². The highest BCUT2D eigenvalue weighted by Crippen LogP contribution is 2.33. The minimum atomic E-state index is -0.155. The zero-order valence-electron chi connectivity index (χ0n) is 12.3. The Labute approximate surface area is 123 Å². The van der Waals surface area contributed by atoms with Crippen LogP contribution in [-0.2, 0) is 16.1 Å². The van der Waals surface area contributed by atoms with Crippen LogP contribution < -0.4 is 5.56 Å². The fourth-order valence-electron chi connectivity index (χ4n) is 2.93. The lowest BCUT2D eigenvalue weighted by atomic mass is 9.96. The van der Waals surface area contributed by atoms with Crippen molar-refractivity contribution in [3.63, 3.8) is 0 Å². The third-order valence-electron chi connectivity index (χ3n) is 4.15. The molecule has 114 valence electrons. The molecule has 2 heterocycles. The minimum Gasteiger partial charge on any atom is -0.378 e. The number of H-pyrrole nitrogens is 1. The van der Waals surface area contributed by atoms with Gasteiger partial charge in [-0.15, -0.1) is 0 Å². The van der Waals surface area contributed by atoms with Gasteiger partial charge in [-0.2, -0.15) is 0 Å². The first-order valence-electron chi connectivity index (χ1n) is 7.55. The van der Waals surface area contributed by atoms with E-state index in [2.05, 4.69) is 9.97 Å². The van der Waals surface area contributed by atoms with E-state index in [1.165, 1.54) is 6.07 Å². The Kier molecular flexibility index (Phi) is 4.05. The van der Waals surface area contributed by atoms with Crippen LogP contribution in [-0.4, -0.2) is 41.0 Å². The Balaban J connectivity index is 1.76. The average molecular weight is 291 g/mol. The molecule has 2 fully saturated rings. The quantitative estimate of drug-likeness (QED) is 0.899. The van der Waals surface area contributed by atoms with E-state index in [4.69, 9.17) is 4.74 Å². The third-order valence-corrected chi connectivity index (χ3v) is 4.15. The van der Waals surface area contributed by atoms with E-state index < -0.39 is 0 Å². The Morgan fingerprint density at radius 2 is 2.29 bits per heavy atom. The summed E-state index contributed by atoms with van der Waals surface area (Å²) in [5.41, 5.74) is 0.486. The van der Waals surface area contributed by atoms with E-state index >= 15 is 0 Å². The van der Waals surface area contributed by atoms with Gasteiger partial charge in [0.1, 0.15) is 5.82 Å². The average Bonchev–Trinajstić information content (AvgIpc) is 3.31. The van der Waals surface area contributed by atoms with Crippen LogP contribution in [0.1, 0.15) is 43.1 Å². The van der Waals surface area contributed by atoms with Crippen molar-refractivity contribution in [2.75, 3.05) is 20.2 Å². The molecule has 2 aliphatic rings. The van der Waals surface area contributed by atoms with E-state index in [0.29, 0.717) is 24.7 Å². The van der Waals surface area contributed by atoms with Crippen molar-refractivity contribution in [3.05, 3.63) is 27.9 Å². The Morgan fingerprint density at radius 3 is 3.00 bits per heavy atom. The Hall–Kier alpha value is -1.69. The number of methoxy groups -OCH3 is 1. The van der Waals surface area contributed by atoms with Gasteiger partial charge < -0.3 is 14.6 Å². The second-order valence-corrected chi connectivity index (χ2v) is 5.95. The molecular formula is C15H21N3O3. The number of aromatic amines is 1. The molecule has 1 amide bonds. The van der Waals surface area contributed by atoms with Crippen molar-refractivity contribution in [2.45, 2.75) is 38.2 Å². The number of ether oxygens (including phenoxy) is 1. The fourth-order valence-corrected chi connectivity index (χ4v) is 2.93. The van der Waals surface area contributed by atoms with Gasteiger partial charge in [-0.3, -0.25) is 9.59 Å². The summed E-state index contributed by atoms with van der Waals surface area (Å²) in [7, 11) is 1.58. The molecule has 6 nitrogen and oxygen atoms in total. The lowest BCUT2D eigenvalue weighted by Gasteiger charge is -2.32. The summed E-state index contributed by atoms with van der Waals surface area (Å²) in [5, 5.41) is 0. The normalized spacial score (nSPS) is 22.3. The Morgan fingerprint density at radius 1 is 1.48 bits per heavy atom. The minimum absolute atomic E-state index is 0.117. The highest BCUT2D eigenvalue weighted by Gasteiger charge is 2.36. The van der Waals surface area contributed by atoms with E-state index in [1.807, 2.05) is 4.90 Å². The molecule has 0 radical (unpaired) electrons. The number of hydrogen-bond acceptors (Lipinski definition) is 4. The maximum Gasteiger partial charge on any atom is 0.251 e. The molecule has 0 aromatic carbocycles. The summed E-state index contributed by atoms with van der Waals surface area (Å²) in [6, 6.07) is 1.46. The van der Waals surface area contributed by atoms with Crippen LogP contribution in [0.4, 0.5) is 0 Å². The van der Waals surface area contributed by atoms with Crippen LogP contribution >= 0.6 is 0 Å². The molecule has 21 heavy (non-hydrogen) atoms. The first-order chi connectivity index (χ1) is 10.2. The number of nitrogens with one attached hydrogen (secondary N) is 1. The van der Waals surface area contributed by atoms with Crippen molar-refractivity contribution < 1.29 is 9.53 Å². The number of piperidine rings is 1. The monoisotopic (exact) mass is 291 g/mol. The van der Waals surface area contributed by atoms with Gasteiger partial charge in [0.2, 0.25) is 5.91 Å². The summed E-state index contributed by atoms with van der Waals surface area (Å²) in [5.74, 6) is 1.32. The van der Waals surface area contributed by atoms with E-state index in [-0.39, 0.29) is 23.3 Å². The lowest BCUT2D eigenvalue weighted by Crippen LogP contribution is -2.40. The van der Waals surface area contributed by atoms with Gasteiger partial charge in [-0.1, -0.05) is 0 Å². The predicted molar refractivity (Wildman–Crippen MR) is 76.8 cm³/mol. The number of carbonyl (C=O) groups is 1. The summed E-state index contributed by atoms with van der Waals surface area (Å²) in [4.78, 5) is 33.2. The zero-order chi connectivity index (χ0) is 14.8. The molecule has 0 spiro atoms. The number of carbonyl (C=O) groups excluding carboxylic acids is 1. The van der Waals surface area contributed by atoms with Crippen molar-refractivity contribution in [1.82, 2.24) is 14.9 Å². The molecule has 1 atom stereocenters. The van der Waals surface area contributed by atoms with Gasteiger partial charge >= 0.3 is 0 Å². The first-order valence-corrected chi connectivity index (χ1v) is 7.55. The number of rotatable bonds is 4. The van der Waals surface area contributed by atoms with Crippen LogP contribution in [0.3, 0.4) is 0 Å². The molecule has 1 aliphatic heterocycles. The number of amides is 1. The standard InChI is InChI=1S/C15H21N3O3/c1-21-9-12-7-13(19)17-14(16-12)11-3-2-6-18(8-11)15(20)10-4-5-10/h7,10-11H,2-6,8-9H2,1H3,(H,16,17,19). The first kappa shape index (κ1) is 14.3. The molecule has 1 unspecified atom stereocenters. The van der Waals surface area contributed by atoms with E-state index in [9.17, 15) is 9.59 Å². The summed E-state index contributed by atoms with van der Waals surface area (Å²) in [6.45, 7) is 1.82. The zero-order valence-corrected chi connectivity index (χ0v) is 12.3. The predicted octanol–water partition coefficient (Wildman–Crippen LogP) is 1.03. The smallest absolute Gasteiger partial charge is 0.251 e. The van der Waals surface area contributed by atoms with Crippen LogP contribution in [0, 0.1) is 5.92 Å². The molecule has 0 bridgehead atoms. The molecule has 1 saturated heterocycles. The number of nitrogens with zero attached hydrogens (tertiary/aromatic N) is 2. The molecule has 1 N–H and O–H groups in total. The van der Waals surface area contributed by atoms with Gasteiger partial charge in [-0.25, -0.2) is 4.98 Å². The molecule has 1 saturated carbocycles. The van der Waals surface area contributed by atoms with Crippen LogP contribution in [0.15, 0.2) is 10.9 Å². The van der Waals surface area contributed by atoms with Crippen molar-refractivity contribution in [2.24, 2.45) is 5.92 Å². The maximum atomic E-state index is 12.2. The third kappa shape index (κ3) is 3.32. The molecular weight excluding hydrogens is 270 g/mol. The number of hydrogen-bond donors (Lipinski definition) is 1. The van der Waals surface area contributed by atoms with Crippen molar-refractivity contribution in [3.8, 4) is 0 Å². The van der Waals surface area contributed by atoms with E-state index in [0.717, 1.165) is 32.2 Å². The molecule has 3 rings (SSSR count).